The van der Waals surface area contributed by atoms with Gasteiger partial charge >= 0.3 is 18.3 Å². The molecule has 0 spiro atoms. The van der Waals surface area contributed by atoms with E-state index in [2.05, 4.69) is 0 Å². The van der Waals surface area contributed by atoms with E-state index in [1.54, 1.807) is 0 Å². The number of alkyl halides is 6. The van der Waals surface area contributed by atoms with Crippen molar-refractivity contribution in [2.45, 2.75) is 97.7 Å². The lowest BCUT2D eigenvalue weighted by molar-refractivity contribution is -0.373. The Morgan fingerprint density at radius 2 is 1.42 bits per heavy atom. The van der Waals surface area contributed by atoms with Gasteiger partial charge in [0.05, 0.1) is 5.92 Å². The van der Waals surface area contributed by atoms with Crippen molar-refractivity contribution in [3.05, 3.63) is 0 Å². The van der Waals surface area contributed by atoms with E-state index in [1.165, 1.54) is 0 Å². The number of esters is 1. The zero-order chi connectivity index (χ0) is 24.2. The summed E-state index contributed by atoms with van der Waals surface area (Å²) in [5.41, 5.74) is -5.18. The number of fused-ring (bicyclic) bond motifs is 2. The van der Waals surface area contributed by atoms with Crippen molar-refractivity contribution in [3.8, 4) is 0 Å². The Bertz CT molecular complexity index is 642. The van der Waals surface area contributed by atoms with E-state index in [-0.39, 0.29) is 41.5 Å². The van der Waals surface area contributed by atoms with E-state index in [9.17, 15) is 36.2 Å². The molecule has 2 bridgehead atoms. The van der Waals surface area contributed by atoms with E-state index >= 15 is 0 Å². The van der Waals surface area contributed by atoms with Gasteiger partial charge in [0.1, 0.15) is 6.10 Å². The highest BCUT2D eigenvalue weighted by atomic mass is 19.4. The molecule has 2 fully saturated rings. The first kappa shape index (κ1) is 26.3. The SMILES string of the molecule is CC(C)(C)CC(C(=O)OC1CC2CC1CC2CC(O)(C(F)(F)F)C(F)(F)F)C(C)(C)C. The minimum absolute atomic E-state index is 0.0799. The molecule has 31 heavy (non-hydrogen) atoms. The lowest BCUT2D eigenvalue weighted by Crippen LogP contribution is -2.58. The van der Waals surface area contributed by atoms with Crippen LogP contribution in [-0.2, 0) is 9.53 Å². The zero-order valence-electron chi connectivity index (χ0n) is 19.0. The lowest BCUT2D eigenvalue weighted by atomic mass is 9.72. The van der Waals surface area contributed by atoms with Crippen molar-refractivity contribution in [2.75, 3.05) is 0 Å². The molecule has 0 aromatic carbocycles. The molecule has 5 atom stereocenters. The Morgan fingerprint density at radius 3 is 1.77 bits per heavy atom. The number of rotatable bonds is 5. The quantitative estimate of drug-likeness (QED) is 0.388. The minimum atomic E-state index is -5.80. The van der Waals surface area contributed by atoms with Crippen LogP contribution in [0.25, 0.3) is 0 Å². The lowest BCUT2D eigenvalue weighted by Gasteiger charge is -2.38. The molecule has 0 radical (unpaired) electrons. The van der Waals surface area contributed by atoms with Gasteiger partial charge in [-0.1, -0.05) is 41.5 Å². The molecule has 2 aliphatic carbocycles. The van der Waals surface area contributed by atoms with Gasteiger partial charge in [0.25, 0.3) is 5.60 Å². The molecule has 9 heteroatoms. The van der Waals surface area contributed by atoms with Gasteiger partial charge in [-0.05, 0) is 60.7 Å². The van der Waals surface area contributed by atoms with Crippen LogP contribution in [0.3, 0.4) is 0 Å². The van der Waals surface area contributed by atoms with Gasteiger partial charge in [-0.15, -0.1) is 0 Å². The summed E-state index contributed by atoms with van der Waals surface area (Å²) in [5, 5.41) is 9.52. The van der Waals surface area contributed by atoms with Crippen LogP contribution in [0.2, 0.25) is 0 Å². The molecule has 0 saturated heterocycles. The minimum Gasteiger partial charge on any atom is -0.462 e. The second-order valence-electron chi connectivity index (χ2n) is 11.7. The number of aliphatic hydroxyl groups is 1. The fraction of sp³-hybridized carbons (Fsp3) is 0.955. The van der Waals surface area contributed by atoms with Gasteiger partial charge in [-0.2, -0.15) is 26.3 Å². The van der Waals surface area contributed by atoms with E-state index in [0.29, 0.717) is 12.8 Å². The summed E-state index contributed by atoms with van der Waals surface area (Å²) in [6.45, 7) is 11.9. The first-order valence-electron chi connectivity index (χ1n) is 10.7. The van der Waals surface area contributed by atoms with Gasteiger partial charge in [0, 0.05) is 0 Å². The van der Waals surface area contributed by atoms with Crippen molar-refractivity contribution in [3.63, 3.8) is 0 Å². The van der Waals surface area contributed by atoms with Crippen LogP contribution in [-0.4, -0.2) is 35.1 Å². The summed E-state index contributed by atoms with van der Waals surface area (Å²) in [6, 6.07) is 0. The first-order valence-corrected chi connectivity index (χ1v) is 10.7. The smallest absolute Gasteiger partial charge is 0.426 e. The molecule has 5 unspecified atom stereocenters. The Labute approximate surface area is 179 Å². The number of carbonyl (C=O) groups is 1. The summed E-state index contributed by atoms with van der Waals surface area (Å²) < 4.78 is 84.0. The van der Waals surface area contributed by atoms with Gasteiger partial charge in [0.2, 0.25) is 0 Å². The van der Waals surface area contributed by atoms with E-state index in [4.69, 9.17) is 4.74 Å². The molecular weight excluding hydrogens is 426 g/mol. The molecular formula is C22H34F6O3. The average molecular weight is 460 g/mol. The largest absolute Gasteiger partial charge is 0.462 e. The molecule has 0 amide bonds. The van der Waals surface area contributed by atoms with E-state index in [0.717, 1.165) is 0 Å². The summed E-state index contributed by atoms with van der Waals surface area (Å²) in [4.78, 5) is 12.9. The van der Waals surface area contributed by atoms with Crippen LogP contribution in [0.1, 0.15) is 73.6 Å². The van der Waals surface area contributed by atoms with Crippen molar-refractivity contribution < 1.29 is 41.0 Å². The van der Waals surface area contributed by atoms with Crippen molar-refractivity contribution in [1.82, 2.24) is 0 Å². The zero-order valence-corrected chi connectivity index (χ0v) is 19.0. The third-order valence-electron chi connectivity index (χ3n) is 6.85. The second kappa shape index (κ2) is 8.10. The Morgan fingerprint density at radius 1 is 0.903 bits per heavy atom. The molecule has 2 aliphatic rings. The monoisotopic (exact) mass is 460 g/mol. The second-order valence-corrected chi connectivity index (χ2v) is 11.7. The van der Waals surface area contributed by atoms with Crippen molar-refractivity contribution >= 4 is 5.97 Å². The van der Waals surface area contributed by atoms with Gasteiger partial charge in [-0.3, -0.25) is 4.79 Å². The molecule has 182 valence electrons. The van der Waals surface area contributed by atoms with Gasteiger partial charge in [0.15, 0.2) is 0 Å². The fourth-order valence-electron chi connectivity index (χ4n) is 5.09. The molecule has 2 rings (SSSR count). The number of carbonyl (C=O) groups excluding carboxylic acids is 1. The molecule has 0 aromatic heterocycles. The summed E-state index contributed by atoms with van der Waals surface area (Å²) in [5.74, 6) is -2.36. The highest BCUT2D eigenvalue weighted by Gasteiger charge is 2.71. The standard InChI is InChI=1S/C22H34F6O3/c1-18(2,3)11-15(19(4,5)6)17(29)31-16-9-12-7-13(16)8-14(12)10-20(30,21(23,24)25)22(26,27)28/h12-16,30H,7-11H2,1-6H3. The average Bonchev–Trinajstić information content (AvgIpc) is 3.08. The van der Waals surface area contributed by atoms with E-state index < -0.39 is 42.3 Å². The van der Waals surface area contributed by atoms with E-state index in [1.807, 2.05) is 41.5 Å². The highest BCUT2D eigenvalue weighted by Crippen LogP contribution is 2.56. The Balaban J connectivity index is 2.06. The number of ether oxygens (including phenoxy) is 1. The molecule has 0 aromatic rings. The van der Waals surface area contributed by atoms with Gasteiger partial charge in [-0.25, -0.2) is 0 Å². The van der Waals surface area contributed by atoms with Crippen LogP contribution in [0, 0.1) is 34.5 Å². The van der Waals surface area contributed by atoms with Gasteiger partial charge < -0.3 is 9.84 Å². The maximum absolute atomic E-state index is 13.0. The number of halogens is 6. The molecule has 2 saturated carbocycles. The summed E-state index contributed by atoms with van der Waals surface area (Å²) >= 11 is 0. The summed E-state index contributed by atoms with van der Waals surface area (Å²) in [7, 11) is 0. The Kier molecular flexibility index (Phi) is 6.86. The van der Waals surface area contributed by atoms with Crippen LogP contribution < -0.4 is 0 Å². The normalized spacial score (nSPS) is 28.7. The van der Waals surface area contributed by atoms with Crippen molar-refractivity contribution in [2.24, 2.45) is 34.5 Å². The Hall–Kier alpha value is -0.990. The number of hydrogen-bond donors (Lipinski definition) is 1. The first-order chi connectivity index (χ1) is 13.7. The molecule has 1 N–H and O–H groups in total. The molecule has 3 nitrogen and oxygen atoms in total. The highest BCUT2D eigenvalue weighted by molar-refractivity contribution is 5.73. The van der Waals surface area contributed by atoms with Crippen LogP contribution in [0.5, 0.6) is 0 Å². The predicted octanol–water partition coefficient (Wildman–Crippen LogP) is 6.29. The summed E-state index contributed by atoms with van der Waals surface area (Å²) in [6.07, 6.45) is -12.2. The maximum Gasteiger partial charge on any atom is 0.426 e. The predicted molar refractivity (Wildman–Crippen MR) is 103 cm³/mol. The molecule has 0 aliphatic heterocycles. The molecule has 0 heterocycles. The number of hydrogen-bond acceptors (Lipinski definition) is 3. The van der Waals surface area contributed by atoms with Crippen molar-refractivity contribution in [1.29, 1.82) is 0 Å². The third-order valence-corrected chi connectivity index (χ3v) is 6.85. The van der Waals surface area contributed by atoms with Crippen LogP contribution in [0.4, 0.5) is 26.3 Å². The van der Waals surface area contributed by atoms with Crippen LogP contribution >= 0.6 is 0 Å². The fourth-order valence-corrected chi connectivity index (χ4v) is 5.09. The third kappa shape index (κ3) is 5.69. The topological polar surface area (TPSA) is 46.5 Å². The maximum atomic E-state index is 13.0. The van der Waals surface area contributed by atoms with Crippen LogP contribution in [0.15, 0.2) is 0 Å².